The molecule has 3 atom stereocenters. The zero-order valence-corrected chi connectivity index (χ0v) is 20.4. The first kappa shape index (κ1) is 22.5. The van der Waals surface area contributed by atoms with Crippen LogP contribution >= 0.6 is 0 Å². The van der Waals surface area contributed by atoms with Crippen LogP contribution in [0.5, 0.6) is 0 Å². The van der Waals surface area contributed by atoms with E-state index in [0.29, 0.717) is 12.2 Å². The Bertz CT molecular complexity index is 1350. The molecule has 1 aromatic carbocycles. The predicted molar refractivity (Wildman–Crippen MR) is 141 cm³/mol. The van der Waals surface area contributed by atoms with Crippen molar-refractivity contribution < 1.29 is 4.79 Å². The van der Waals surface area contributed by atoms with Gasteiger partial charge in [0.2, 0.25) is 5.91 Å². The third kappa shape index (κ3) is 4.63. The van der Waals surface area contributed by atoms with Gasteiger partial charge in [-0.05, 0) is 56.7 Å². The minimum atomic E-state index is 0.250. The predicted octanol–water partition coefficient (Wildman–Crippen LogP) is 4.97. The minimum absolute atomic E-state index is 0.250. The van der Waals surface area contributed by atoms with Gasteiger partial charge in [0.15, 0.2) is 5.82 Å². The molecule has 2 aliphatic heterocycles. The second-order valence-electron chi connectivity index (χ2n) is 10.0. The van der Waals surface area contributed by atoms with E-state index in [1.54, 1.807) is 6.20 Å². The number of hydrogen-bond acceptors (Lipinski definition) is 6. The first-order chi connectivity index (χ1) is 17.6. The van der Waals surface area contributed by atoms with Crippen LogP contribution in [-0.2, 0) is 11.2 Å². The van der Waals surface area contributed by atoms with Gasteiger partial charge in [0.25, 0.3) is 0 Å². The number of aromatic nitrogens is 4. The van der Waals surface area contributed by atoms with E-state index in [1.807, 2.05) is 55.5 Å². The Morgan fingerprint density at radius 1 is 1.06 bits per heavy atom. The van der Waals surface area contributed by atoms with Crippen LogP contribution in [0, 0.1) is 6.92 Å². The molecule has 3 aromatic heterocycles. The Morgan fingerprint density at radius 3 is 2.61 bits per heavy atom. The van der Waals surface area contributed by atoms with Crippen molar-refractivity contribution >= 4 is 34.3 Å². The summed E-state index contributed by atoms with van der Waals surface area (Å²) < 4.78 is 0. The lowest BCUT2D eigenvalue weighted by Crippen LogP contribution is -2.57. The Morgan fingerprint density at radius 2 is 1.86 bits per heavy atom. The monoisotopic (exact) mass is 481 g/mol. The lowest BCUT2D eigenvalue weighted by atomic mass is 9.81. The molecule has 0 aliphatic carbocycles. The van der Waals surface area contributed by atoms with Crippen molar-refractivity contribution in [3.63, 3.8) is 0 Å². The van der Waals surface area contributed by atoms with Gasteiger partial charge in [0.05, 0.1) is 11.9 Å². The molecule has 6 rings (SSSR count). The number of carbonyl (C=O) groups excluding carboxylic acids is 1. The molecule has 184 valence electrons. The van der Waals surface area contributed by atoms with Crippen molar-refractivity contribution in [1.29, 1.82) is 0 Å². The maximum absolute atomic E-state index is 13.3. The van der Waals surface area contributed by atoms with Crippen molar-refractivity contribution in [3.05, 3.63) is 72.1 Å². The summed E-state index contributed by atoms with van der Waals surface area (Å²) in [7, 11) is 0. The number of amides is 1. The summed E-state index contributed by atoms with van der Waals surface area (Å²) >= 11 is 0. The summed E-state index contributed by atoms with van der Waals surface area (Å²) in [4.78, 5) is 25.0. The van der Waals surface area contributed by atoms with Crippen LogP contribution in [-0.4, -0.2) is 49.1 Å². The van der Waals surface area contributed by atoms with Crippen LogP contribution in [0.3, 0.4) is 0 Å². The van der Waals surface area contributed by atoms with E-state index in [1.165, 1.54) is 6.42 Å². The van der Waals surface area contributed by atoms with Crippen LogP contribution in [0.2, 0.25) is 0 Å². The number of anilines is 3. The van der Waals surface area contributed by atoms with E-state index < -0.39 is 0 Å². The summed E-state index contributed by atoms with van der Waals surface area (Å²) in [6, 6.07) is 18.8. The Hall–Kier alpha value is -3.94. The van der Waals surface area contributed by atoms with E-state index in [9.17, 15) is 4.79 Å². The molecule has 2 bridgehead atoms. The lowest BCUT2D eigenvalue weighted by molar-refractivity contribution is -0.140. The highest BCUT2D eigenvalue weighted by Gasteiger charge is 2.40. The van der Waals surface area contributed by atoms with Crippen molar-refractivity contribution in [2.45, 2.75) is 63.6 Å². The van der Waals surface area contributed by atoms with Crippen LogP contribution in [0.15, 0.2) is 60.8 Å². The average Bonchev–Trinajstić information content (AvgIpc) is 3.28. The Balaban J connectivity index is 1.22. The van der Waals surface area contributed by atoms with E-state index >= 15 is 0 Å². The Labute approximate surface area is 210 Å². The molecule has 2 aliphatic rings. The van der Waals surface area contributed by atoms with Gasteiger partial charge in [-0.3, -0.25) is 14.9 Å². The van der Waals surface area contributed by atoms with Crippen LogP contribution < -0.4 is 10.6 Å². The molecule has 8 heteroatoms. The summed E-state index contributed by atoms with van der Waals surface area (Å²) in [6.07, 6.45) is 7.44. The lowest BCUT2D eigenvalue weighted by Gasteiger charge is -2.49. The zero-order valence-electron chi connectivity index (χ0n) is 20.4. The number of piperidine rings is 2. The van der Waals surface area contributed by atoms with E-state index in [-0.39, 0.29) is 24.0 Å². The van der Waals surface area contributed by atoms with Crippen LogP contribution in [0.4, 0.5) is 17.5 Å². The van der Waals surface area contributed by atoms with Gasteiger partial charge in [-0.25, -0.2) is 4.98 Å². The molecule has 5 heterocycles. The molecular weight excluding hydrogens is 450 g/mol. The summed E-state index contributed by atoms with van der Waals surface area (Å²) in [5.41, 5.74) is 2.94. The molecule has 0 spiro atoms. The van der Waals surface area contributed by atoms with Crippen molar-refractivity contribution in [2.75, 3.05) is 10.6 Å². The summed E-state index contributed by atoms with van der Waals surface area (Å²) in [5.74, 6) is 2.50. The van der Waals surface area contributed by atoms with Gasteiger partial charge in [-0.15, -0.1) is 0 Å². The number of aromatic amines is 1. The molecule has 0 saturated carbocycles. The highest BCUT2D eigenvalue weighted by atomic mass is 16.2. The third-order valence-corrected chi connectivity index (χ3v) is 7.36. The smallest absolute Gasteiger partial charge is 0.227 e. The van der Waals surface area contributed by atoms with Gasteiger partial charge in [-0.1, -0.05) is 30.3 Å². The summed E-state index contributed by atoms with van der Waals surface area (Å²) in [6.45, 7) is 1.97. The normalized spacial score (nSPS) is 21.4. The topological polar surface area (TPSA) is 98.8 Å². The van der Waals surface area contributed by atoms with Crippen LogP contribution in [0.1, 0.15) is 43.4 Å². The molecule has 0 radical (unpaired) electrons. The fraction of sp³-hybridized carbons (Fsp3) is 0.357. The van der Waals surface area contributed by atoms with Gasteiger partial charge < -0.3 is 15.5 Å². The maximum Gasteiger partial charge on any atom is 0.227 e. The fourth-order valence-corrected chi connectivity index (χ4v) is 5.82. The van der Waals surface area contributed by atoms with Crippen molar-refractivity contribution in [3.8, 4) is 0 Å². The molecule has 2 fully saturated rings. The van der Waals surface area contributed by atoms with E-state index in [4.69, 9.17) is 4.98 Å². The van der Waals surface area contributed by atoms with Gasteiger partial charge in [-0.2, -0.15) is 5.10 Å². The number of hydrogen-bond donors (Lipinski definition) is 3. The second-order valence-corrected chi connectivity index (χ2v) is 10.0. The minimum Gasteiger partial charge on any atom is -0.367 e. The molecule has 8 nitrogen and oxygen atoms in total. The van der Waals surface area contributed by atoms with Crippen molar-refractivity contribution in [1.82, 2.24) is 25.1 Å². The number of fused-ring (bicyclic) bond motifs is 3. The number of benzene rings is 1. The molecule has 1 amide bonds. The number of carbonyl (C=O) groups is 1. The molecule has 4 aromatic rings. The summed E-state index contributed by atoms with van der Waals surface area (Å²) in [5, 5.41) is 15.3. The molecular formula is C28H31N7O. The highest BCUT2D eigenvalue weighted by molar-refractivity contribution is 5.91. The molecule has 3 N–H and O–H groups in total. The number of rotatable bonds is 6. The standard InChI is InChI=1S/C28H31N7O/c1-18-13-26(34-33-18)31-25-17-24-23(11-6-12-29-24)28(32-25)30-20-15-21-9-5-10-22(16-20)35(21)27(36)14-19-7-3-2-4-8-19/h2-4,6-8,11-13,17,20-22H,5,9-10,14-16H2,1H3,(H3,30,31,32,33,34)/t20?,21-,22+. The zero-order chi connectivity index (χ0) is 24.5. The third-order valence-electron chi connectivity index (χ3n) is 7.36. The SMILES string of the molecule is Cc1cc(Nc2cc3ncccc3c(NC3C[C@H]4CCC[C@@H](C3)N4C(=O)Cc3ccccc3)n2)n[nH]1. The first-order valence-corrected chi connectivity index (χ1v) is 12.8. The molecule has 2 saturated heterocycles. The fourth-order valence-electron chi connectivity index (χ4n) is 5.82. The van der Waals surface area contributed by atoms with E-state index in [0.717, 1.165) is 59.5 Å². The van der Waals surface area contributed by atoms with Gasteiger partial charge >= 0.3 is 0 Å². The average molecular weight is 482 g/mol. The number of H-pyrrole nitrogens is 1. The number of pyridine rings is 2. The van der Waals surface area contributed by atoms with Crippen molar-refractivity contribution in [2.24, 2.45) is 0 Å². The van der Waals surface area contributed by atoms with Gasteiger partial charge in [0.1, 0.15) is 11.6 Å². The van der Waals surface area contributed by atoms with Gasteiger partial charge in [0, 0.05) is 47.5 Å². The number of nitrogens with one attached hydrogen (secondary N) is 3. The molecule has 1 unspecified atom stereocenters. The Kier molecular flexibility index (Phi) is 6.01. The first-order valence-electron chi connectivity index (χ1n) is 12.8. The maximum atomic E-state index is 13.3. The quantitative estimate of drug-likeness (QED) is 0.360. The van der Waals surface area contributed by atoms with E-state index in [2.05, 4.69) is 36.8 Å². The van der Waals surface area contributed by atoms with Crippen LogP contribution in [0.25, 0.3) is 10.9 Å². The largest absolute Gasteiger partial charge is 0.367 e. The second kappa shape index (κ2) is 9.60. The highest BCUT2D eigenvalue weighted by Crippen LogP contribution is 2.36. The molecule has 36 heavy (non-hydrogen) atoms. The number of aryl methyl sites for hydroxylation is 1. The number of nitrogens with zero attached hydrogens (tertiary/aromatic N) is 4.